The number of nitrogens with zero attached hydrogens (tertiary/aromatic N) is 5. The second-order valence-electron chi connectivity index (χ2n) is 6.30. The second-order valence-corrected chi connectivity index (χ2v) is 6.30. The number of carbonyl (C=O) groups excluding carboxylic acids is 1. The van der Waals surface area contributed by atoms with Crippen molar-refractivity contribution in [3.8, 4) is 11.4 Å². The summed E-state index contributed by atoms with van der Waals surface area (Å²) in [6.45, 7) is 0.474. The molecule has 0 bridgehead atoms. The molecule has 0 aliphatic rings. The van der Waals surface area contributed by atoms with Crippen molar-refractivity contribution < 1.29 is 4.79 Å². The molecule has 0 radical (unpaired) electrons. The molecule has 27 heavy (non-hydrogen) atoms. The van der Waals surface area contributed by atoms with E-state index in [2.05, 4.69) is 10.2 Å². The van der Waals surface area contributed by atoms with Crippen molar-refractivity contribution in [3.63, 3.8) is 0 Å². The van der Waals surface area contributed by atoms with Gasteiger partial charge in [0.1, 0.15) is 0 Å². The standard InChI is InChI=1S/C21H19N5O/c1-24(14-17-12-22-25(15-17)19-8-4-2-5-9-19)21(27)18-13-23-26(16-18)20-10-6-3-7-11-20/h2-13,15-16H,14H2,1H3. The molecule has 134 valence electrons. The summed E-state index contributed by atoms with van der Waals surface area (Å²) < 4.78 is 3.51. The van der Waals surface area contributed by atoms with Crippen LogP contribution in [-0.4, -0.2) is 37.4 Å². The Hall–Kier alpha value is -3.67. The van der Waals surface area contributed by atoms with Crippen molar-refractivity contribution in [2.45, 2.75) is 6.54 Å². The van der Waals surface area contributed by atoms with E-state index in [1.165, 1.54) is 0 Å². The highest BCUT2D eigenvalue weighted by Crippen LogP contribution is 2.12. The van der Waals surface area contributed by atoms with Crippen molar-refractivity contribution >= 4 is 5.91 Å². The molecule has 2 aromatic heterocycles. The van der Waals surface area contributed by atoms with Crippen LogP contribution >= 0.6 is 0 Å². The third-order valence-electron chi connectivity index (χ3n) is 4.27. The van der Waals surface area contributed by atoms with Gasteiger partial charge >= 0.3 is 0 Å². The average Bonchev–Trinajstić information content (AvgIpc) is 3.39. The molecule has 0 saturated heterocycles. The van der Waals surface area contributed by atoms with Gasteiger partial charge in [0.2, 0.25) is 0 Å². The minimum atomic E-state index is -0.0790. The highest BCUT2D eigenvalue weighted by atomic mass is 16.2. The predicted molar refractivity (Wildman–Crippen MR) is 103 cm³/mol. The van der Waals surface area contributed by atoms with Gasteiger partial charge in [-0.15, -0.1) is 0 Å². The Labute approximate surface area is 157 Å². The van der Waals surface area contributed by atoms with E-state index in [0.29, 0.717) is 12.1 Å². The molecule has 2 heterocycles. The lowest BCUT2D eigenvalue weighted by atomic mass is 10.2. The second kappa shape index (κ2) is 7.29. The van der Waals surface area contributed by atoms with Crippen molar-refractivity contribution in [1.82, 2.24) is 24.5 Å². The molecular weight excluding hydrogens is 338 g/mol. The van der Waals surface area contributed by atoms with Gasteiger partial charge in [0.05, 0.1) is 29.3 Å². The summed E-state index contributed by atoms with van der Waals surface area (Å²) >= 11 is 0. The number of carbonyl (C=O) groups is 1. The van der Waals surface area contributed by atoms with Gasteiger partial charge in [-0.25, -0.2) is 9.36 Å². The fourth-order valence-corrected chi connectivity index (χ4v) is 2.88. The maximum absolute atomic E-state index is 12.7. The molecule has 0 saturated carbocycles. The van der Waals surface area contributed by atoms with Gasteiger partial charge in [0.15, 0.2) is 0 Å². The highest BCUT2D eigenvalue weighted by Gasteiger charge is 2.15. The Kier molecular flexibility index (Phi) is 4.53. The van der Waals surface area contributed by atoms with Crippen LogP contribution in [0.4, 0.5) is 0 Å². The van der Waals surface area contributed by atoms with Gasteiger partial charge < -0.3 is 4.90 Å². The van der Waals surface area contributed by atoms with E-state index >= 15 is 0 Å². The number of hydrogen-bond acceptors (Lipinski definition) is 3. The Bertz CT molecular complexity index is 1040. The van der Waals surface area contributed by atoms with Crippen LogP contribution in [0.15, 0.2) is 85.5 Å². The first-order valence-electron chi connectivity index (χ1n) is 8.65. The van der Waals surface area contributed by atoms with Gasteiger partial charge in [0.25, 0.3) is 5.91 Å². The molecule has 0 atom stereocenters. The molecular formula is C21H19N5O. The van der Waals surface area contributed by atoms with Crippen LogP contribution in [0, 0.1) is 0 Å². The van der Waals surface area contributed by atoms with Gasteiger partial charge in [-0.1, -0.05) is 36.4 Å². The van der Waals surface area contributed by atoms with Crippen LogP contribution in [-0.2, 0) is 6.54 Å². The number of benzene rings is 2. The Morgan fingerprint density at radius 1 is 0.852 bits per heavy atom. The van der Waals surface area contributed by atoms with E-state index in [1.54, 1.807) is 39.9 Å². The summed E-state index contributed by atoms with van der Waals surface area (Å²) in [4.78, 5) is 14.4. The summed E-state index contributed by atoms with van der Waals surface area (Å²) in [5, 5.41) is 8.67. The third kappa shape index (κ3) is 3.64. The van der Waals surface area contributed by atoms with Gasteiger partial charge in [0, 0.05) is 31.5 Å². The number of hydrogen-bond donors (Lipinski definition) is 0. The van der Waals surface area contributed by atoms with Gasteiger partial charge in [-0.05, 0) is 24.3 Å². The summed E-state index contributed by atoms with van der Waals surface area (Å²) in [6.07, 6.45) is 7.07. The van der Waals surface area contributed by atoms with Crippen LogP contribution < -0.4 is 0 Å². The lowest BCUT2D eigenvalue weighted by Crippen LogP contribution is -2.25. The average molecular weight is 357 g/mol. The van der Waals surface area contributed by atoms with E-state index in [9.17, 15) is 4.79 Å². The van der Waals surface area contributed by atoms with Crippen LogP contribution in [0.2, 0.25) is 0 Å². The molecule has 0 aliphatic heterocycles. The van der Waals surface area contributed by atoms with Gasteiger partial charge in [-0.3, -0.25) is 4.79 Å². The van der Waals surface area contributed by atoms with E-state index < -0.39 is 0 Å². The fourth-order valence-electron chi connectivity index (χ4n) is 2.88. The lowest BCUT2D eigenvalue weighted by molar-refractivity contribution is 0.0785. The van der Waals surface area contributed by atoms with Crippen LogP contribution in [0.5, 0.6) is 0 Å². The van der Waals surface area contributed by atoms with Crippen molar-refractivity contribution in [1.29, 1.82) is 0 Å². The monoisotopic (exact) mass is 357 g/mol. The topological polar surface area (TPSA) is 56.0 Å². The molecule has 4 rings (SSSR count). The summed E-state index contributed by atoms with van der Waals surface area (Å²) in [5.41, 5.74) is 3.42. The third-order valence-corrected chi connectivity index (χ3v) is 4.27. The zero-order valence-corrected chi connectivity index (χ0v) is 14.9. The normalized spacial score (nSPS) is 10.7. The first kappa shape index (κ1) is 16.8. The SMILES string of the molecule is CN(Cc1cnn(-c2ccccc2)c1)C(=O)c1cnn(-c2ccccc2)c1. The smallest absolute Gasteiger partial charge is 0.257 e. The molecule has 6 heteroatoms. The predicted octanol–water partition coefficient (Wildman–Crippen LogP) is 3.33. The van der Waals surface area contributed by atoms with E-state index in [0.717, 1.165) is 16.9 Å². The van der Waals surface area contributed by atoms with Crippen molar-refractivity contribution in [2.75, 3.05) is 7.05 Å². The molecule has 4 aromatic rings. The summed E-state index contributed by atoms with van der Waals surface area (Å²) in [7, 11) is 1.78. The zero-order valence-electron chi connectivity index (χ0n) is 14.9. The van der Waals surface area contributed by atoms with Gasteiger partial charge in [-0.2, -0.15) is 10.2 Å². The Balaban J connectivity index is 1.46. The van der Waals surface area contributed by atoms with Crippen LogP contribution in [0.3, 0.4) is 0 Å². The van der Waals surface area contributed by atoms with E-state index in [-0.39, 0.29) is 5.91 Å². The molecule has 1 amide bonds. The van der Waals surface area contributed by atoms with Crippen LogP contribution in [0.25, 0.3) is 11.4 Å². The van der Waals surface area contributed by atoms with Crippen molar-refractivity contribution in [3.05, 3.63) is 96.6 Å². The minimum Gasteiger partial charge on any atom is -0.337 e. The molecule has 0 fully saturated rings. The summed E-state index contributed by atoms with van der Waals surface area (Å²) in [6, 6.07) is 19.6. The number of amides is 1. The van der Waals surface area contributed by atoms with E-state index in [4.69, 9.17) is 0 Å². The largest absolute Gasteiger partial charge is 0.337 e. The maximum atomic E-state index is 12.7. The van der Waals surface area contributed by atoms with E-state index in [1.807, 2.05) is 66.9 Å². The molecule has 2 aromatic carbocycles. The highest BCUT2D eigenvalue weighted by molar-refractivity contribution is 5.93. The maximum Gasteiger partial charge on any atom is 0.257 e. The van der Waals surface area contributed by atoms with Crippen LogP contribution in [0.1, 0.15) is 15.9 Å². The molecule has 0 aliphatic carbocycles. The minimum absolute atomic E-state index is 0.0790. The lowest BCUT2D eigenvalue weighted by Gasteiger charge is -2.14. The molecule has 0 unspecified atom stereocenters. The Morgan fingerprint density at radius 2 is 1.41 bits per heavy atom. The number of rotatable bonds is 5. The summed E-state index contributed by atoms with van der Waals surface area (Å²) in [5.74, 6) is -0.0790. The fraction of sp³-hybridized carbons (Fsp3) is 0.0952. The number of aromatic nitrogens is 4. The quantitative estimate of drug-likeness (QED) is 0.550. The van der Waals surface area contributed by atoms with Crippen molar-refractivity contribution in [2.24, 2.45) is 0 Å². The first-order chi connectivity index (χ1) is 13.2. The molecule has 6 nitrogen and oxygen atoms in total. The molecule has 0 N–H and O–H groups in total. The zero-order chi connectivity index (χ0) is 18.6. The number of para-hydroxylation sites is 2. The molecule has 0 spiro atoms. The Morgan fingerprint density at radius 3 is 2.04 bits per heavy atom. The first-order valence-corrected chi connectivity index (χ1v) is 8.65.